The molecule has 0 aliphatic carbocycles. The van der Waals surface area contributed by atoms with Gasteiger partial charge >= 0.3 is 5.97 Å². The zero-order chi connectivity index (χ0) is 32.9. The van der Waals surface area contributed by atoms with Crippen LogP contribution < -0.4 is 14.4 Å². The van der Waals surface area contributed by atoms with Crippen LogP contribution in [0.4, 0.5) is 16.4 Å². The number of hydrogen-bond donors (Lipinski definition) is 2. The van der Waals surface area contributed by atoms with Crippen LogP contribution in [0.3, 0.4) is 0 Å². The van der Waals surface area contributed by atoms with Crippen molar-refractivity contribution in [3.8, 4) is 0 Å². The van der Waals surface area contributed by atoms with E-state index in [2.05, 4.69) is 108 Å². The van der Waals surface area contributed by atoms with E-state index in [0.717, 1.165) is 63.5 Å². The molecule has 0 unspecified atom stereocenters. The molecular weight excluding hydrogens is 619 g/mol. The van der Waals surface area contributed by atoms with E-state index in [1.54, 1.807) is 11.3 Å². The van der Waals surface area contributed by atoms with Gasteiger partial charge in [0.1, 0.15) is 6.54 Å². The van der Waals surface area contributed by atoms with E-state index in [4.69, 9.17) is 5.11 Å². The smallest absolute Gasteiger partial charge is 0.303 e. The third-order valence-corrected chi connectivity index (χ3v) is 10.4. The van der Waals surface area contributed by atoms with Crippen LogP contribution in [0.2, 0.25) is 0 Å². The summed E-state index contributed by atoms with van der Waals surface area (Å²) in [7, 11) is -2.00. The van der Waals surface area contributed by atoms with Crippen LogP contribution in [-0.2, 0) is 26.9 Å². The largest absolute Gasteiger partial charge is 0.481 e. The summed E-state index contributed by atoms with van der Waals surface area (Å²) in [5.41, 5.74) is 6.19. The van der Waals surface area contributed by atoms with Crippen LogP contribution in [0.25, 0.3) is 17.0 Å². The number of carboxylic acids is 1. The van der Waals surface area contributed by atoms with Crippen molar-refractivity contribution in [2.75, 3.05) is 29.1 Å². The zero-order valence-electron chi connectivity index (χ0n) is 26.6. The van der Waals surface area contributed by atoms with Gasteiger partial charge < -0.3 is 14.9 Å². The van der Waals surface area contributed by atoms with Gasteiger partial charge in [-0.25, -0.2) is 0 Å². The molecule has 8 nitrogen and oxygen atoms in total. The van der Waals surface area contributed by atoms with E-state index < -0.39 is 16.1 Å². The summed E-state index contributed by atoms with van der Waals surface area (Å²) in [6.45, 7) is 5.67. The number of unbranched alkanes of at least 4 members (excludes halogenated alkanes) is 2. The van der Waals surface area contributed by atoms with Gasteiger partial charge in [-0.15, -0.1) is 11.3 Å². The number of allylic oxidation sites excluding steroid dienone is 3. The van der Waals surface area contributed by atoms with Gasteiger partial charge in [0.15, 0.2) is 6.20 Å². The van der Waals surface area contributed by atoms with Crippen LogP contribution in [0.5, 0.6) is 0 Å². The number of aryl methyl sites for hydroxylation is 1. The Morgan fingerprint density at radius 3 is 2.59 bits per heavy atom. The molecule has 2 N–H and O–H groups in total. The molecule has 2 aromatic heterocycles. The monoisotopic (exact) mass is 660 g/mol. The second kappa shape index (κ2) is 14.2. The second-order valence-corrected chi connectivity index (χ2v) is 14.7. The number of thiophene rings is 1. The standard InChI is InChI=1S/C36H41N3O5S2/c1-36(2)30-26-28(37(3)34-16-10-24-45-34)18-19-32(30)39(22-11-25-46(42,43)44)33(36)15-9-12-27-20-23-38(21-8-4-5-17-35(40)41)31-14-7-6-13-29(27)31/h6-7,9-10,12-16,18-20,23-24,26H,4-5,8,11,17,21-22,25H2,1-3H3,(H-,40,41,42,43,44)/p+1. The number of fused-ring (bicyclic) bond motifs is 2. The van der Waals surface area contributed by atoms with E-state index in [0.29, 0.717) is 19.4 Å². The summed E-state index contributed by atoms with van der Waals surface area (Å²) >= 11 is 1.68. The summed E-state index contributed by atoms with van der Waals surface area (Å²) in [6.07, 6.45) is 11.4. The number of hydrogen-bond acceptors (Lipinski definition) is 6. The van der Waals surface area contributed by atoms with Gasteiger partial charge in [0.05, 0.1) is 16.1 Å². The summed E-state index contributed by atoms with van der Waals surface area (Å²) in [5, 5.41) is 13.3. The molecule has 4 aromatic rings. The van der Waals surface area contributed by atoms with Crippen molar-refractivity contribution in [2.24, 2.45) is 0 Å². The molecule has 3 heterocycles. The Bertz CT molecular complexity index is 1860. The average Bonchev–Trinajstić information content (AvgIpc) is 3.62. The third-order valence-electron chi connectivity index (χ3n) is 8.66. The first-order chi connectivity index (χ1) is 22.0. The second-order valence-electron chi connectivity index (χ2n) is 12.2. The normalized spacial score (nSPS) is 15.2. The molecule has 1 aliphatic rings. The first kappa shape index (κ1) is 33.4. The number of carbonyl (C=O) groups is 1. The van der Waals surface area contributed by atoms with E-state index in [1.807, 2.05) is 18.2 Å². The van der Waals surface area contributed by atoms with Crippen LogP contribution in [0.15, 0.2) is 90.1 Å². The minimum absolute atomic E-state index is 0.206. The highest BCUT2D eigenvalue weighted by Crippen LogP contribution is 2.49. The number of pyridine rings is 1. The summed E-state index contributed by atoms with van der Waals surface area (Å²) in [5.74, 6) is -1.04. The molecule has 0 bridgehead atoms. The summed E-state index contributed by atoms with van der Waals surface area (Å²) in [6, 6.07) is 21.0. The first-order valence-electron chi connectivity index (χ1n) is 15.6. The minimum Gasteiger partial charge on any atom is -0.481 e. The lowest BCUT2D eigenvalue weighted by atomic mass is 9.83. The molecule has 5 rings (SSSR count). The molecule has 0 amide bonds. The highest BCUT2D eigenvalue weighted by molar-refractivity contribution is 7.85. The molecule has 2 aromatic carbocycles. The molecule has 0 atom stereocenters. The molecule has 0 fully saturated rings. The number of nitrogens with zero attached hydrogens (tertiary/aromatic N) is 3. The molecule has 0 saturated heterocycles. The summed E-state index contributed by atoms with van der Waals surface area (Å²) < 4.78 is 34.7. The Morgan fingerprint density at radius 1 is 1.04 bits per heavy atom. The number of aromatic nitrogens is 1. The molecular formula is C36H42N3O5S2+. The predicted octanol–water partition coefficient (Wildman–Crippen LogP) is 7.57. The van der Waals surface area contributed by atoms with Gasteiger partial charge in [0.25, 0.3) is 10.1 Å². The third kappa shape index (κ3) is 7.68. The van der Waals surface area contributed by atoms with E-state index in [9.17, 15) is 17.8 Å². The highest BCUT2D eigenvalue weighted by Gasteiger charge is 2.40. The molecule has 0 radical (unpaired) electrons. The van der Waals surface area contributed by atoms with Crippen molar-refractivity contribution >= 4 is 60.8 Å². The minimum atomic E-state index is -4.06. The van der Waals surface area contributed by atoms with E-state index >= 15 is 0 Å². The Morgan fingerprint density at radius 2 is 1.85 bits per heavy atom. The lowest BCUT2D eigenvalue weighted by molar-refractivity contribution is -0.671. The fraction of sp³-hybridized carbons (Fsp3) is 0.333. The number of benzene rings is 2. The van der Waals surface area contributed by atoms with E-state index in [1.165, 1.54) is 0 Å². The zero-order valence-corrected chi connectivity index (χ0v) is 28.2. The summed E-state index contributed by atoms with van der Waals surface area (Å²) in [4.78, 5) is 15.2. The maximum atomic E-state index is 11.5. The van der Waals surface area contributed by atoms with Crippen molar-refractivity contribution < 1.29 is 27.4 Å². The van der Waals surface area contributed by atoms with E-state index in [-0.39, 0.29) is 17.6 Å². The van der Waals surface area contributed by atoms with Gasteiger partial charge in [0, 0.05) is 61.1 Å². The number of carboxylic acid groups (broad SMARTS) is 1. The average molecular weight is 661 g/mol. The van der Waals surface area contributed by atoms with Crippen molar-refractivity contribution in [3.05, 3.63) is 101 Å². The number of para-hydroxylation sites is 1. The number of aliphatic carboxylic acids is 1. The van der Waals surface area contributed by atoms with Crippen molar-refractivity contribution in [1.82, 2.24) is 0 Å². The SMILES string of the molecule is CN(c1ccc2c(c1)C(C)(C)/C(=C\C=C\c1cc[n+](CCCCCC(=O)O)c3ccccc13)N2CCCS(=O)(=O)O)c1cccs1. The molecule has 0 saturated carbocycles. The Hall–Kier alpha value is -3.99. The lowest BCUT2D eigenvalue weighted by Crippen LogP contribution is -2.34. The maximum Gasteiger partial charge on any atom is 0.303 e. The highest BCUT2D eigenvalue weighted by atomic mass is 32.2. The molecule has 0 spiro atoms. The van der Waals surface area contributed by atoms with Gasteiger partial charge in [-0.05, 0) is 78.2 Å². The maximum absolute atomic E-state index is 11.5. The predicted molar refractivity (Wildman–Crippen MR) is 188 cm³/mol. The number of anilines is 3. The Kier molecular flexibility index (Phi) is 10.3. The van der Waals surface area contributed by atoms with Crippen LogP contribution in [-0.4, -0.2) is 43.4 Å². The van der Waals surface area contributed by atoms with Crippen molar-refractivity contribution in [2.45, 2.75) is 57.9 Å². The number of rotatable bonds is 14. The van der Waals surface area contributed by atoms with Gasteiger partial charge in [-0.1, -0.05) is 38.1 Å². The molecule has 46 heavy (non-hydrogen) atoms. The van der Waals surface area contributed by atoms with Crippen molar-refractivity contribution in [3.63, 3.8) is 0 Å². The lowest BCUT2D eigenvalue weighted by Gasteiger charge is -2.27. The van der Waals surface area contributed by atoms with Crippen molar-refractivity contribution in [1.29, 1.82) is 0 Å². The van der Waals surface area contributed by atoms with Gasteiger partial charge in [0.2, 0.25) is 5.52 Å². The fourth-order valence-corrected chi connectivity index (χ4v) is 7.44. The topological polar surface area (TPSA) is 102 Å². The Labute approximate surface area is 275 Å². The fourth-order valence-electron chi connectivity index (χ4n) is 6.23. The quantitative estimate of drug-likeness (QED) is 0.0817. The van der Waals surface area contributed by atoms with Crippen LogP contribution in [0.1, 0.15) is 57.1 Å². The van der Waals surface area contributed by atoms with Crippen LogP contribution >= 0.6 is 11.3 Å². The molecule has 1 aliphatic heterocycles. The Balaban J connectivity index is 1.44. The molecule has 242 valence electrons. The first-order valence-corrected chi connectivity index (χ1v) is 18.1. The van der Waals surface area contributed by atoms with Gasteiger partial charge in [-0.2, -0.15) is 13.0 Å². The van der Waals surface area contributed by atoms with Crippen LogP contribution in [0, 0.1) is 0 Å². The molecule has 10 heteroatoms. The van der Waals surface area contributed by atoms with Gasteiger partial charge in [-0.3, -0.25) is 9.35 Å².